The molecule has 19 heavy (non-hydrogen) atoms. The summed E-state index contributed by atoms with van der Waals surface area (Å²) >= 11 is 0. The van der Waals surface area contributed by atoms with Crippen LogP contribution < -0.4 is 10.5 Å². The van der Waals surface area contributed by atoms with E-state index in [9.17, 15) is 4.79 Å². The van der Waals surface area contributed by atoms with E-state index in [0.29, 0.717) is 13.1 Å². The molecule has 0 fully saturated rings. The molecule has 0 saturated carbocycles. The molecule has 2 N–H and O–H groups in total. The van der Waals surface area contributed by atoms with Gasteiger partial charge in [0.1, 0.15) is 5.75 Å². The molecule has 1 aromatic carbocycles. The maximum absolute atomic E-state index is 12.1. The van der Waals surface area contributed by atoms with Crippen molar-refractivity contribution in [2.45, 2.75) is 20.4 Å². The first kappa shape index (κ1) is 17.7. The van der Waals surface area contributed by atoms with Crippen LogP contribution in [0.3, 0.4) is 0 Å². The summed E-state index contributed by atoms with van der Waals surface area (Å²) in [5.74, 6) is 0.871. The molecule has 0 aliphatic heterocycles. The van der Waals surface area contributed by atoms with Crippen LogP contribution in [-0.4, -0.2) is 31.5 Å². The number of halogens is 1. The smallest absolute Gasteiger partial charge is 0.229 e. The van der Waals surface area contributed by atoms with Gasteiger partial charge in [-0.2, -0.15) is 0 Å². The van der Waals surface area contributed by atoms with Gasteiger partial charge in [0.15, 0.2) is 0 Å². The van der Waals surface area contributed by atoms with Crippen LogP contribution in [0.5, 0.6) is 5.75 Å². The zero-order valence-corrected chi connectivity index (χ0v) is 12.8. The summed E-state index contributed by atoms with van der Waals surface area (Å²) in [4.78, 5) is 13.8. The van der Waals surface area contributed by atoms with Crippen LogP contribution in [0, 0.1) is 5.41 Å². The lowest BCUT2D eigenvalue weighted by molar-refractivity contribution is -0.139. The highest BCUT2D eigenvalue weighted by Gasteiger charge is 2.28. The number of amides is 1. The Hall–Kier alpha value is -1.26. The Labute approximate surface area is 121 Å². The average Bonchev–Trinajstić information content (AvgIpc) is 2.38. The molecule has 108 valence electrons. The number of methoxy groups -OCH3 is 1. The van der Waals surface area contributed by atoms with Crippen LogP contribution in [0.25, 0.3) is 0 Å². The van der Waals surface area contributed by atoms with Crippen molar-refractivity contribution in [1.82, 2.24) is 4.90 Å². The van der Waals surface area contributed by atoms with Crippen LogP contribution in [0.4, 0.5) is 0 Å². The van der Waals surface area contributed by atoms with Crippen LogP contribution in [-0.2, 0) is 11.3 Å². The molecule has 0 spiro atoms. The predicted octanol–water partition coefficient (Wildman–Crippen LogP) is 2.06. The standard InChI is InChI=1S/C14H22N2O2.ClH/c1-14(2,10-15)13(17)16(3)9-11-5-7-12(18-4)8-6-11;/h5-8H,9-10,15H2,1-4H3;1H. The van der Waals surface area contributed by atoms with Crippen molar-refractivity contribution >= 4 is 18.3 Å². The quantitative estimate of drug-likeness (QED) is 0.901. The molecule has 0 unspecified atom stereocenters. The fourth-order valence-corrected chi connectivity index (χ4v) is 1.68. The van der Waals surface area contributed by atoms with Crippen molar-refractivity contribution < 1.29 is 9.53 Å². The van der Waals surface area contributed by atoms with Gasteiger partial charge in [-0.15, -0.1) is 12.4 Å². The highest BCUT2D eigenvalue weighted by Crippen LogP contribution is 2.18. The molecular formula is C14H23ClN2O2. The third-order valence-corrected chi connectivity index (χ3v) is 3.01. The molecule has 1 rings (SSSR count). The van der Waals surface area contributed by atoms with Crippen LogP contribution in [0.2, 0.25) is 0 Å². The Morgan fingerprint density at radius 2 is 1.84 bits per heavy atom. The summed E-state index contributed by atoms with van der Waals surface area (Å²) in [6, 6.07) is 7.69. The van der Waals surface area contributed by atoms with Gasteiger partial charge in [-0.1, -0.05) is 12.1 Å². The molecule has 4 nitrogen and oxygen atoms in total. The molecule has 0 radical (unpaired) electrons. The fraction of sp³-hybridized carbons (Fsp3) is 0.500. The lowest BCUT2D eigenvalue weighted by atomic mass is 9.92. The van der Waals surface area contributed by atoms with E-state index in [1.165, 1.54) is 0 Å². The molecule has 1 aromatic rings. The lowest BCUT2D eigenvalue weighted by Crippen LogP contribution is -2.42. The van der Waals surface area contributed by atoms with Crippen molar-refractivity contribution in [2.24, 2.45) is 11.1 Å². The number of ether oxygens (including phenoxy) is 1. The van der Waals surface area contributed by atoms with Gasteiger partial charge in [-0.3, -0.25) is 4.79 Å². The number of carbonyl (C=O) groups excluding carboxylic acids is 1. The van der Waals surface area contributed by atoms with E-state index < -0.39 is 5.41 Å². The van der Waals surface area contributed by atoms with E-state index >= 15 is 0 Å². The molecule has 0 heterocycles. The second kappa shape index (κ2) is 7.36. The highest BCUT2D eigenvalue weighted by molar-refractivity contribution is 5.85. The van der Waals surface area contributed by atoms with E-state index in [1.807, 2.05) is 38.1 Å². The van der Waals surface area contributed by atoms with Gasteiger partial charge in [0.2, 0.25) is 5.91 Å². The molecule has 0 aromatic heterocycles. The maximum Gasteiger partial charge on any atom is 0.229 e. The minimum Gasteiger partial charge on any atom is -0.497 e. The van der Waals surface area contributed by atoms with E-state index in [2.05, 4.69) is 0 Å². The molecule has 0 aliphatic carbocycles. The summed E-state index contributed by atoms with van der Waals surface area (Å²) in [5.41, 5.74) is 6.17. The van der Waals surface area contributed by atoms with Crippen molar-refractivity contribution in [3.8, 4) is 5.75 Å². The summed E-state index contributed by atoms with van der Waals surface area (Å²) in [7, 11) is 3.43. The van der Waals surface area contributed by atoms with Crippen molar-refractivity contribution in [2.75, 3.05) is 20.7 Å². The molecule has 5 heteroatoms. The number of nitrogens with zero attached hydrogens (tertiary/aromatic N) is 1. The Kier molecular flexibility index (Phi) is 6.87. The Balaban J connectivity index is 0.00000324. The number of hydrogen-bond acceptors (Lipinski definition) is 3. The summed E-state index contributed by atoms with van der Waals surface area (Å²) in [5, 5.41) is 0. The average molecular weight is 287 g/mol. The largest absolute Gasteiger partial charge is 0.497 e. The van der Waals surface area contributed by atoms with E-state index in [0.717, 1.165) is 11.3 Å². The summed E-state index contributed by atoms with van der Waals surface area (Å²) in [6.45, 7) is 4.64. The third-order valence-electron chi connectivity index (χ3n) is 3.01. The van der Waals surface area contributed by atoms with Crippen molar-refractivity contribution in [3.05, 3.63) is 29.8 Å². The second-order valence-electron chi connectivity index (χ2n) is 5.10. The number of nitrogens with two attached hydrogens (primary N) is 1. The van der Waals surface area contributed by atoms with Gasteiger partial charge >= 0.3 is 0 Å². The van der Waals surface area contributed by atoms with Gasteiger partial charge < -0.3 is 15.4 Å². The SMILES string of the molecule is COc1ccc(CN(C)C(=O)C(C)(C)CN)cc1.Cl. The molecule has 1 amide bonds. The molecule has 0 aliphatic rings. The maximum atomic E-state index is 12.1. The predicted molar refractivity (Wildman–Crippen MR) is 79.6 cm³/mol. The van der Waals surface area contributed by atoms with Crippen molar-refractivity contribution in [3.63, 3.8) is 0 Å². The monoisotopic (exact) mass is 286 g/mol. The minimum atomic E-state index is -0.513. The van der Waals surface area contributed by atoms with Crippen LogP contribution >= 0.6 is 12.4 Å². The van der Waals surface area contributed by atoms with E-state index in [1.54, 1.807) is 19.1 Å². The zero-order valence-electron chi connectivity index (χ0n) is 12.0. The van der Waals surface area contributed by atoms with Crippen LogP contribution in [0.1, 0.15) is 19.4 Å². The number of benzene rings is 1. The fourth-order valence-electron chi connectivity index (χ4n) is 1.68. The zero-order chi connectivity index (χ0) is 13.8. The minimum absolute atomic E-state index is 0. The molecule has 0 bridgehead atoms. The van der Waals surface area contributed by atoms with E-state index in [-0.39, 0.29) is 18.3 Å². The van der Waals surface area contributed by atoms with Gasteiger partial charge in [0.05, 0.1) is 12.5 Å². The molecule has 0 atom stereocenters. The highest BCUT2D eigenvalue weighted by atomic mass is 35.5. The van der Waals surface area contributed by atoms with Gasteiger partial charge in [-0.25, -0.2) is 0 Å². The first-order valence-electron chi connectivity index (χ1n) is 5.99. The van der Waals surface area contributed by atoms with E-state index in [4.69, 9.17) is 10.5 Å². The number of carbonyl (C=O) groups is 1. The summed E-state index contributed by atoms with van der Waals surface area (Å²) in [6.07, 6.45) is 0. The first-order valence-corrected chi connectivity index (χ1v) is 5.99. The Bertz CT molecular complexity index is 404. The molecular weight excluding hydrogens is 264 g/mol. The topological polar surface area (TPSA) is 55.6 Å². The van der Waals surface area contributed by atoms with Crippen LogP contribution in [0.15, 0.2) is 24.3 Å². The second-order valence-corrected chi connectivity index (χ2v) is 5.10. The summed E-state index contributed by atoms with van der Waals surface area (Å²) < 4.78 is 5.10. The number of hydrogen-bond donors (Lipinski definition) is 1. The van der Waals surface area contributed by atoms with Gasteiger partial charge in [0.25, 0.3) is 0 Å². The van der Waals surface area contributed by atoms with Crippen molar-refractivity contribution in [1.29, 1.82) is 0 Å². The molecule has 0 saturated heterocycles. The van der Waals surface area contributed by atoms with Gasteiger partial charge in [-0.05, 0) is 31.5 Å². The third kappa shape index (κ3) is 4.73. The number of rotatable bonds is 5. The van der Waals surface area contributed by atoms with Gasteiger partial charge in [0, 0.05) is 20.1 Å². The normalized spacial score (nSPS) is 10.6. The lowest BCUT2D eigenvalue weighted by Gasteiger charge is -2.28. The Morgan fingerprint density at radius 1 is 1.32 bits per heavy atom. The first-order chi connectivity index (χ1) is 8.40. The Morgan fingerprint density at radius 3 is 2.26 bits per heavy atom.